The van der Waals surface area contributed by atoms with Crippen molar-refractivity contribution in [3.05, 3.63) is 56.5 Å². The smallest absolute Gasteiger partial charge is 0.257 e. The Morgan fingerprint density at radius 2 is 1.74 bits per heavy atom. The van der Waals surface area contributed by atoms with Gasteiger partial charge in [-0.05, 0) is 42.8 Å². The molecule has 0 atom stereocenters. The summed E-state index contributed by atoms with van der Waals surface area (Å²) in [6.45, 7) is 1.94. The molecule has 1 amide bonds. The van der Waals surface area contributed by atoms with E-state index >= 15 is 0 Å². The van der Waals surface area contributed by atoms with Gasteiger partial charge in [-0.3, -0.25) is 4.79 Å². The van der Waals surface area contributed by atoms with E-state index in [0.717, 1.165) is 20.2 Å². The maximum Gasteiger partial charge on any atom is 0.257 e. The first-order valence-corrected chi connectivity index (χ1v) is 7.18. The molecule has 2 aromatic carbocycles. The number of nitrogens with two attached hydrogens (primary N) is 1. The second-order valence-electron chi connectivity index (χ2n) is 4.14. The molecule has 0 saturated carbocycles. The molecule has 0 aliphatic heterocycles. The van der Waals surface area contributed by atoms with Gasteiger partial charge >= 0.3 is 0 Å². The van der Waals surface area contributed by atoms with Gasteiger partial charge in [-0.25, -0.2) is 0 Å². The van der Waals surface area contributed by atoms with Crippen LogP contribution in [0, 0.1) is 6.92 Å². The molecule has 2 aromatic rings. The summed E-state index contributed by atoms with van der Waals surface area (Å²) >= 11 is 6.70. The molecule has 0 aliphatic rings. The van der Waals surface area contributed by atoms with Gasteiger partial charge in [-0.1, -0.05) is 37.9 Å². The molecule has 3 nitrogen and oxygen atoms in total. The van der Waals surface area contributed by atoms with Crippen molar-refractivity contribution in [2.24, 2.45) is 0 Å². The third kappa shape index (κ3) is 3.36. The number of amides is 1. The Morgan fingerprint density at radius 3 is 2.42 bits per heavy atom. The molecule has 2 rings (SSSR count). The molecule has 98 valence electrons. The number of hydrogen-bond donors (Lipinski definition) is 2. The largest absolute Gasteiger partial charge is 0.398 e. The number of benzene rings is 2. The van der Waals surface area contributed by atoms with Gasteiger partial charge in [0.05, 0.1) is 5.56 Å². The van der Waals surface area contributed by atoms with Crippen molar-refractivity contribution in [2.75, 3.05) is 11.1 Å². The van der Waals surface area contributed by atoms with Crippen LogP contribution in [0.2, 0.25) is 0 Å². The average molecular weight is 384 g/mol. The van der Waals surface area contributed by atoms with Gasteiger partial charge in [-0.2, -0.15) is 0 Å². The van der Waals surface area contributed by atoms with E-state index in [1.807, 2.05) is 25.1 Å². The fourth-order valence-electron chi connectivity index (χ4n) is 1.66. The summed E-state index contributed by atoms with van der Waals surface area (Å²) in [6.07, 6.45) is 0. The number of nitrogen functional groups attached to an aromatic ring is 1. The minimum atomic E-state index is -0.216. The molecule has 19 heavy (non-hydrogen) atoms. The first-order valence-electron chi connectivity index (χ1n) is 5.60. The minimum Gasteiger partial charge on any atom is -0.398 e. The number of carbonyl (C=O) groups excluding carboxylic acids is 1. The second kappa shape index (κ2) is 5.75. The predicted octanol–water partition coefficient (Wildman–Crippen LogP) is 4.35. The van der Waals surface area contributed by atoms with Crippen LogP contribution in [-0.2, 0) is 0 Å². The van der Waals surface area contributed by atoms with Crippen LogP contribution < -0.4 is 11.1 Å². The summed E-state index contributed by atoms with van der Waals surface area (Å²) in [4.78, 5) is 12.2. The summed E-state index contributed by atoms with van der Waals surface area (Å²) in [5, 5.41) is 2.86. The zero-order valence-corrected chi connectivity index (χ0v) is 13.4. The van der Waals surface area contributed by atoms with Crippen LogP contribution in [0.3, 0.4) is 0 Å². The normalized spacial score (nSPS) is 10.3. The Bertz CT molecular complexity index is 641. The van der Waals surface area contributed by atoms with E-state index in [1.165, 1.54) is 0 Å². The maximum absolute atomic E-state index is 12.2. The van der Waals surface area contributed by atoms with Crippen LogP contribution in [0.4, 0.5) is 11.4 Å². The molecule has 0 fully saturated rings. The zero-order valence-electron chi connectivity index (χ0n) is 10.2. The van der Waals surface area contributed by atoms with E-state index in [1.54, 1.807) is 18.2 Å². The standard InChI is InChI=1S/C14H12Br2N2O/c1-8-2-3-10(16)7-13(8)18-14(19)11-5-4-9(15)6-12(11)17/h2-7H,17H2,1H3,(H,18,19). The molecule has 0 spiro atoms. The third-order valence-electron chi connectivity index (χ3n) is 2.71. The number of aryl methyl sites for hydroxylation is 1. The molecule has 0 radical (unpaired) electrons. The molecule has 0 bridgehead atoms. The van der Waals surface area contributed by atoms with E-state index in [4.69, 9.17) is 5.73 Å². The van der Waals surface area contributed by atoms with Crippen molar-refractivity contribution in [3.63, 3.8) is 0 Å². The van der Waals surface area contributed by atoms with E-state index < -0.39 is 0 Å². The highest BCUT2D eigenvalue weighted by atomic mass is 79.9. The van der Waals surface area contributed by atoms with Gasteiger partial charge < -0.3 is 11.1 Å². The van der Waals surface area contributed by atoms with Crippen LogP contribution in [0.15, 0.2) is 45.3 Å². The van der Waals surface area contributed by atoms with Crippen LogP contribution in [0.5, 0.6) is 0 Å². The number of rotatable bonds is 2. The lowest BCUT2D eigenvalue weighted by atomic mass is 10.1. The lowest BCUT2D eigenvalue weighted by Crippen LogP contribution is -2.14. The number of anilines is 2. The first-order chi connectivity index (χ1) is 8.97. The maximum atomic E-state index is 12.2. The molecule has 5 heteroatoms. The second-order valence-corrected chi connectivity index (χ2v) is 5.98. The van der Waals surface area contributed by atoms with Crippen molar-refractivity contribution < 1.29 is 4.79 Å². The van der Waals surface area contributed by atoms with Crippen LogP contribution in [0.1, 0.15) is 15.9 Å². The van der Waals surface area contributed by atoms with Gasteiger partial charge in [0.2, 0.25) is 0 Å². The van der Waals surface area contributed by atoms with Crippen molar-refractivity contribution in [1.29, 1.82) is 0 Å². The van der Waals surface area contributed by atoms with Gasteiger partial charge in [0.25, 0.3) is 5.91 Å². The quantitative estimate of drug-likeness (QED) is 0.757. The highest BCUT2D eigenvalue weighted by Gasteiger charge is 2.11. The molecule has 0 saturated heterocycles. The fraction of sp³-hybridized carbons (Fsp3) is 0.0714. The van der Waals surface area contributed by atoms with Gasteiger partial charge in [0.15, 0.2) is 0 Å². The van der Waals surface area contributed by atoms with Crippen LogP contribution in [-0.4, -0.2) is 5.91 Å². The van der Waals surface area contributed by atoms with Crippen molar-refractivity contribution in [1.82, 2.24) is 0 Å². The monoisotopic (exact) mass is 382 g/mol. The molecule has 0 aliphatic carbocycles. The van der Waals surface area contributed by atoms with Crippen molar-refractivity contribution in [2.45, 2.75) is 6.92 Å². The Labute approximate surface area is 128 Å². The third-order valence-corrected chi connectivity index (χ3v) is 3.69. The highest BCUT2D eigenvalue weighted by molar-refractivity contribution is 9.10. The topological polar surface area (TPSA) is 55.1 Å². The molecule has 3 N–H and O–H groups in total. The Balaban J connectivity index is 2.28. The number of carbonyl (C=O) groups is 1. The Hall–Kier alpha value is -1.33. The summed E-state index contributed by atoms with van der Waals surface area (Å²) in [5.74, 6) is -0.216. The number of halogens is 2. The lowest BCUT2D eigenvalue weighted by Gasteiger charge is -2.10. The minimum absolute atomic E-state index is 0.216. The molecule has 0 heterocycles. The summed E-state index contributed by atoms with van der Waals surface area (Å²) in [6, 6.07) is 10.9. The van der Waals surface area contributed by atoms with Crippen molar-refractivity contribution in [3.8, 4) is 0 Å². The summed E-state index contributed by atoms with van der Waals surface area (Å²) in [7, 11) is 0. The van der Waals surface area contributed by atoms with E-state index in [-0.39, 0.29) is 5.91 Å². The number of nitrogens with one attached hydrogen (secondary N) is 1. The molecule has 0 aromatic heterocycles. The van der Waals surface area contributed by atoms with Crippen molar-refractivity contribution >= 4 is 49.1 Å². The molecular formula is C14H12Br2N2O. The Morgan fingerprint density at radius 1 is 1.11 bits per heavy atom. The first kappa shape index (κ1) is 14.1. The summed E-state index contributed by atoms with van der Waals surface area (Å²) < 4.78 is 1.76. The van der Waals surface area contributed by atoms with E-state index in [2.05, 4.69) is 37.2 Å². The zero-order chi connectivity index (χ0) is 14.0. The van der Waals surface area contributed by atoms with Crippen LogP contribution >= 0.6 is 31.9 Å². The fourth-order valence-corrected chi connectivity index (χ4v) is 2.40. The molecular weight excluding hydrogens is 372 g/mol. The average Bonchev–Trinajstić information content (AvgIpc) is 2.33. The van der Waals surface area contributed by atoms with E-state index in [9.17, 15) is 4.79 Å². The Kier molecular flexibility index (Phi) is 4.27. The van der Waals surface area contributed by atoms with E-state index in [0.29, 0.717) is 11.3 Å². The van der Waals surface area contributed by atoms with Gasteiger partial charge in [0.1, 0.15) is 0 Å². The SMILES string of the molecule is Cc1ccc(Br)cc1NC(=O)c1ccc(Br)cc1N. The highest BCUT2D eigenvalue weighted by Crippen LogP contribution is 2.23. The number of hydrogen-bond acceptors (Lipinski definition) is 2. The predicted molar refractivity (Wildman–Crippen MR) is 85.4 cm³/mol. The van der Waals surface area contributed by atoms with Gasteiger partial charge in [-0.15, -0.1) is 0 Å². The lowest BCUT2D eigenvalue weighted by molar-refractivity contribution is 0.102. The van der Waals surface area contributed by atoms with Crippen LogP contribution in [0.25, 0.3) is 0 Å². The van der Waals surface area contributed by atoms with Gasteiger partial charge in [0, 0.05) is 20.3 Å². The molecule has 0 unspecified atom stereocenters. The summed E-state index contributed by atoms with van der Waals surface area (Å²) in [5.41, 5.74) is 8.51.